The minimum atomic E-state index is 0.641. The van der Waals surface area contributed by atoms with E-state index < -0.39 is 0 Å². The molecule has 0 saturated heterocycles. The molecule has 1 aliphatic heterocycles. The average Bonchev–Trinajstić information content (AvgIpc) is 2.79. The van der Waals surface area contributed by atoms with Crippen molar-refractivity contribution < 1.29 is 9.37 Å². The second-order valence-corrected chi connectivity index (χ2v) is 5.06. The van der Waals surface area contributed by atoms with Crippen molar-refractivity contribution in [2.24, 2.45) is 0 Å². The molecule has 18 heavy (non-hydrogen) atoms. The fraction of sp³-hybridized carbons (Fsp3) is 0.333. The van der Waals surface area contributed by atoms with Gasteiger partial charge in [0.1, 0.15) is 5.69 Å². The van der Waals surface area contributed by atoms with Gasteiger partial charge in [-0.05, 0) is 18.2 Å². The van der Waals surface area contributed by atoms with E-state index in [1.807, 2.05) is 6.07 Å². The number of hydrogen-bond donors (Lipinski definition) is 0. The minimum Gasteiger partial charge on any atom is -0.375 e. The van der Waals surface area contributed by atoms with Crippen LogP contribution in [0, 0.1) is 0 Å². The Hall–Kier alpha value is -1.40. The van der Waals surface area contributed by atoms with E-state index in [4.69, 9.17) is 4.74 Å². The van der Waals surface area contributed by atoms with E-state index in [2.05, 4.69) is 47.9 Å². The van der Waals surface area contributed by atoms with Crippen LogP contribution in [-0.2, 0) is 17.9 Å². The molecule has 3 rings (SSSR count). The predicted octanol–water partition coefficient (Wildman–Crippen LogP) is 2.37. The summed E-state index contributed by atoms with van der Waals surface area (Å²) < 4.78 is 11.3. The smallest absolute Gasteiger partial charge is 0.124 e. The van der Waals surface area contributed by atoms with Gasteiger partial charge >= 0.3 is 0 Å². The Kier molecular flexibility index (Phi) is 3.29. The number of rotatable bonds is 2. The second-order valence-electron chi connectivity index (χ2n) is 4.15. The molecule has 0 bridgehead atoms. The molecule has 94 valence electrons. The van der Waals surface area contributed by atoms with E-state index >= 15 is 0 Å². The Balaban J connectivity index is 1.91. The van der Waals surface area contributed by atoms with Crippen LogP contribution in [0.3, 0.4) is 0 Å². The van der Waals surface area contributed by atoms with Crippen LogP contribution in [0.25, 0.3) is 0 Å². The first-order chi connectivity index (χ1) is 8.83. The minimum absolute atomic E-state index is 0.641. The Morgan fingerprint density at radius 3 is 3.17 bits per heavy atom. The van der Waals surface area contributed by atoms with E-state index in [0.29, 0.717) is 19.8 Å². The fourth-order valence-electron chi connectivity index (χ4n) is 2.07. The molecular weight excluding hydrogens is 298 g/mol. The van der Waals surface area contributed by atoms with E-state index in [0.717, 1.165) is 16.7 Å². The third-order valence-corrected chi connectivity index (χ3v) is 3.40. The van der Waals surface area contributed by atoms with Crippen molar-refractivity contribution >= 4 is 21.6 Å². The quantitative estimate of drug-likeness (QED) is 0.852. The van der Waals surface area contributed by atoms with Gasteiger partial charge in [-0.15, -0.1) is 0 Å². The number of anilines is 1. The molecule has 1 aliphatic rings. The lowest BCUT2D eigenvalue weighted by atomic mass is 10.1. The van der Waals surface area contributed by atoms with Crippen LogP contribution in [0.1, 0.15) is 11.3 Å². The third-order valence-electron chi connectivity index (χ3n) is 2.91. The first-order valence-electron chi connectivity index (χ1n) is 5.70. The molecule has 0 fully saturated rings. The lowest BCUT2D eigenvalue weighted by Gasteiger charge is -2.22. The van der Waals surface area contributed by atoms with Gasteiger partial charge in [-0.2, -0.15) is 0 Å². The maximum absolute atomic E-state index is 5.60. The van der Waals surface area contributed by atoms with Crippen molar-refractivity contribution in [3.05, 3.63) is 40.1 Å². The van der Waals surface area contributed by atoms with Gasteiger partial charge in [0.2, 0.25) is 0 Å². The SMILES string of the molecule is Brc1ccc2c(c1)COCCN2Cc1cnon1. The van der Waals surface area contributed by atoms with Crippen molar-refractivity contribution in [1.29, 1.82) is 0 Å². The van der Waals surface area contributed by atoms with Gasteiger partial charge in [-0.1, -0.05) is 26.2 Å². The summed E-state index contributed by atoms with van der Waals surface area (Å²) in [6.07, 6.45) is 1.64. The number of ether oxygens (including phenoxy) is 1. The first kappa shape index (κ1) is 11.7. The van der Waals surface area contributed by atoms with Gasteiger partial charge in [-0.25, -0.2) is 4.63 Å². The van der Waals surface area contributed by atoms with Gasteiger partial charge in [0.05, 0.1) is 26.0 Å². The lowest BCUT2D eigenvalue weighted by Crippen LogP contribution is -2.25. The zero-order valence-corrected chi connectivity index (χ0v) is 11.3. The van der Waals surface area contributed by atoms with Crippen molar-refractivity contribution in [2.75, 3.05) is 18.1 Å². The Morgan fingerprint density at radius 1 is 1.39 bits per heavy atom. The molecule has 0 radical (unpaired) electrons. The van der Waals surface area contributed by atoms with E-state index in [-0.39, 0.29) is 0 Å². The standard InChI is InChI=1S/C12H12BrN3O2/c13-10-1-2-12-9(5-10)8-17-4-3-16(12)7-11-6-14-18-15-11/h1-2,5-6H,3-4,7-8H2. The largest absolute Gasteiger partial charge is 0.375 e. The number of benzene rings is 1. The zero-order valence-electron chi connectivity index (χ0n) is 9.67. The maximum Gasteiger partial charge on any atom is 0.124 e. The average molecular weight is 310 g/mol. The van der Waals surface area contributed by atoms with Crippen LogP contribution in [0.4, 0.5) is 5.69 Å². The number of nitrogens with zero attached hydrogens (tertiary/aromatic N) is 3. The summed E-state index contributed by atoms with van der Waals surface area (Å²) in [5, 5.41) is 7.48. The monoisotopic (exact) mass is 309 g/mol. The summed E-state index contributed by atoms with van der Waals surface area (Å²) in [6.45, 7) is 2.86. The number of hydrogen-bond acceptors (Lipinski definition) is 5. The Bertz CT molecular complexity index is 530. The summed E-state index contributed by atoms with van der Waals surface area (Å²) in [7, 11) is 0. The van der Waals surface area contributed by atoms with Crippen LogP contribution in [0.5, 0.6) is 0 Å². The molecule has 5 nitrogen and oxygen atoms in total. The summed E-state index contributed by atoms with van der Waals surface area (Å²) in [5.41, 5.74) is 3.18. The van der Waals surface area contributed by atoms with Crippen molar-refractivity contribution in [1.82, 2.24) is 10.3 Å². The predicted molar refractivity (Wildman–Crippen MR) is 69.1 cm³/mol. The molecule has 1 aromatic heterocycles. The molecule has 0 amide bonds. The molecule has 6 heteroatoms. The van der Waals surface area contributed by atoms with Crippen molar-refractivity contribution in [3.63, 3.8) is 0 Å². The molecule has 2 heterocycles. The number of fused-ring (bicyclic) bond motifs is 1. The Morgan fingerprint density at radius 2 is 2.33 bits per heavy atom. The first-order valence-corrected chi connectivity index (χ1v) is 6.50. The van der Waals surface area contributed by atoms with Crippen molar-refractivity contribution in [3.8, 4) is 0 Å². The third kappa shape index (κ3) is 2.39. The molecule has 2 aromatic rings. The lowest BCUT2D eigenvalue weighted by molar-refractivity contribution is 0.132. The van der Waals surface area contributed by atoms with Gasteiger partial charge in [0.15, 0.2) is 0 Å². The highest BCUT2D eigenvalue weighted by Gasteiger charge is 2.17. The summed E-state index contributed by atoms with van der Waals surface area (Å²) in [4.78, 5) is 2.23. The highest BCUT2D eigenvalue weighted by atomic mass is 79.9. The van der Waals surface area contributed by atoms with E-state index in [1.165, 1.54) is 11.3 Å². The van der Waals surface area contributed by atoms with Crippen molar-refractivity contribution in [2.45, 2.75) is 13.2 Å². The zero-order chi connectivity index (χ0) is 12.4. The van der Waals surface area contributed by atoms with Crippen LogP contribution >= 0.6 is 15.9 Å². The molecule has 0 N–H and O–H groups in total. The van der Waals surface area contributed by atoms with Gasteiger partial charge in [-0.3, -0.25) is 0 Å². The van der Waals surface area contributed by atoms with E-state index in [9.17, 15) is 0 Å². The molecule has 0 aliphatic carbocycles. The highest BCUT2D eigenvalue weighted by molar-refractivity contribution is 9.10. The van der Waals surface area contributed by atoms with Crippen LogP contribution in [0.2, 0.25) is 0 Å². The normalized spacial score (nSPS) is 15.3. The summed E-state index contributed by atoms with van der Waals surface area (Å²) in [6, 6.07) is 6.23. The molecule has 1 aromatic carbocycles. The Labute approximate surface area is 113 Å². The van der Waals surface area contributed by atoms with Crippen LogP contribution < -0.4 is 4.90 Å². The summed E-state index contributed by atoms with van der Waals surface area (Å²) in [5.74, 6) is 0. The maximum atomic E-state index is 5.60. The molecule has 0 saturated carbocycles. The fourth-order valence-corrected chi connectivity index (χ4v) is 2.48. The topological polar surface area (TPSA) is 51.4 Å². The second kappa shape index (κ2) is 5.07. The van der Waals surface area contributed by atoms with Gasteiger partial charge in [0.25, 0.3) is 0 Å². The van der Waals surface area contributed by atoms with Gasteiger partial charge < -0.3 is 9.64 Å². The molecular formula is C12H12BrN3O2. The molecule has 0 spiro atoms. The molecule has 0 unspecified atom stereocenters. The number of aromatic nitrogens is 2. The molecule has 0 atom stereocenters. The van der Waals surface area contributed by atoms with Crippen LogP contribution in [0.15, 0.2) is 33.5 Å². The van der Waals surface area contributed by atoms with E-state index in [1.54, 1.807) is 6.20 Å². The van der Waals surface area contributed by atoms with Gasteiger partial charge in [0, 0.05) is 22.3 Å². The van der Waals surface area contributed by atoms with Crippen LogP contribution in [-0.4, -0.2) is 23.5 Å². The number of halogens is 1. The highest BCUT2D eigenvalue weighted by Crippen LogP contribution is 2.28. The summed E-state index contributed by atoms with van der Waals surface area (Å²) >= 11 is 3.49.